The summed E-state index contributed by atoms with van der Waals surface area (Å²) in [6, 6.07) is 16.4. The van der Waals surface area contributed by atoms with Crippen LogP contribution in [0, 0.1) is 0 Å². The number of rotatable bonds is 1. The Balaban J connectivity index is 1.73. The average molecular weight is 313 g/mol. The molecule has 4 heteroatoms. The lowest BCUT2D eigenvalue weighted by Crippen LogP contribution is -1.87. The summed E-state index contributed by atoms with van der Waals surface area (Å²) in [5.41, 5.74) is 2.80. The lowest BCUT2D eigenvalue weighted by molar-refractivity contribution is 1.30. The fourth-order valence-electron chi connectivity index (χ4n) is 2.87. The molecule has 3 nitrogen and oxygen atoms in total. The third-order valence-corrected chi connectivity index (χ3v) is 5.12. The quantitative estimate of drug-likeness (QED) is 0.434. The van der Waals surface area contributed by atoms with Crippen LogP contribution >= 0.6 is 11.3 Å². The molecule has 23 heavy (non-hydrogen) atoms. The molecule has 0 fully saturated rings. The molecule has 0 aliphatic heterocycles. The van der Waals surface area contributed by atoms with Crippen LogP contribution in [0.15, 0.2) is 67.1 Å². The van der Waals surface area contributed by atoms with Gasteiger partial charge in [-0.2, -0.15) is 0 Å². The maximum Gasteiger partial charge on any atom is 0.0900 e. The number of nitrogens with zero attached hydrogens (tertiary/aromatic N) is 3. The molecule has 0 saturated heterocycles. The summed E-state index contributed by atoms with van der Waals surface area (Å²) >= 11 is 1.74. The highest BCUT2D eigenvalue weighted by atomic mass is 32.1. The Kier molecular flexibility index (Phi) is 2.66. The molecule has 0 bridgehead atoms. The Morgan fingerprint density at radius 2 is 1.74 bits per heavy atom. The Bertz CT molecular complexity index is 1180. The molecule has 1 aromatic carbocycles. The molecule has 4 aromatic heterocycles. The Labute approximate surface area is 136 Å². The van der Waals surface area contributed by atoms with Crippen LogP contribution in [0.4, 0.5) is 0 Å². The van der Waals surface area contributed by atoms with Gasteiger partial charge < -0.3 is 0 Å². The Morgan fingerprint density at radius 3 is 2.74 bits per heavy atom. The molecule has 0 aliphatic rings. The van der Waals surface area contributed by atoms with Crippen molar-refractivity contribution in [1.82, 2.24) is 15.0 Å². The zero-order valence-electron chi connectivity index (χ0n) is 12.1. The monoisotopic (exact) mass is 313 g/mol. The number of pyridine rings is 3. The lowest BCUT2D eigenvalue weighted by atomic mass is 10.1. The molecule has 4 heterocycles. The van der Waals surface area contributed by atoms with Gasteiger partial charge in [0.1, 0.15) is 0 Å². The van der Waals surface area contributed by atoms with Crippen molar-refractivity contribution in [2.45, 2.75) is 0 Å². The van der Waals surface area contributed by atoms with Crippen molar-refractivity contribution in [2.75, 3.05) is 0 Å². The van der Waals surface area contributed by atoms with E-state index in [4.69, 9.17) is 4.98 Å². The van der Waals surface area contributed by atoms with Crippen LogP contribution in [0.5, 0.6) is 0 Å². The summed E-state index contributed by atoms with van der Waals surface area (Å²) < 4.78 is 2.40. The van der Waals surface area contributed by atoms with E-state index in [9.17, 15) is 0 Å². The van der Waals surface area contributed by atoms with Crippen molar-refractivity contribution in [3.8, 4) is 11.4 Å². The van der Waals surface area contributed by atoms with Crippen LogP contribution in [-0.4, -0.2) is 15.0 Å². The zero-order chi connectivity index (χ0) is 15.2. The van der Waals surface area contributed by atoms with E-state index in [0.717, 1.165) is 22.3 Å². The van der Waals surface area contributed by atoms with Crippen LogP contribution in [0.3, 0.4) is 0 Å². The highest BCUT2D eigenvalue weighted by Gasteiger charge is 2.09. The molecule has 0 saturated carbocycles. The third kappa shape index (κ3) is 1.99. The van der Waals surface area contributed by atoms with Crippen LogP contribution in [0.25, 0.3) is 42.5 Å². The summed E-state index contributed by atoms with van der Waals surface area (Å²) in [6.07, 6.45) is 5.68. The van der Waals surface area contributed by atoms with Gasteiger partial charge in [0.15, 0.2) is 0 Å². The number of fused-ring (bicyclic) bond motifs is 4. The molecular formula is C19H11N3S. The Morgan fingerprint density at radius 1 is 0.783 bits per heavy atom. The van der Waals surface area contributed by atoms with E-state index in [0.29, 0.717) is 0 Å². The molecule has 5 rings (SSSR count). The SMILES string of the molecule is c1ccc2nc(-c3cc4sc5cnccc5c4cn3)ccc2c1. The first kappa shape index (κ1) is 12.7. The van der Waals surface area contributed by atoms with Crippen molar-refractivity contribution >= 4 is 42.4 Å². The van der Waals surface area contributed by atoms with Gasteiger partial charge in [-0.3, -0.25) is 9.97 Å². The van der Waals surface area contributed by atoms with Gasteiger partial charge in [-0.1, -0.05) is 24.3 Å². The number of hydrogen-bond donors (Lipinski definition) is 0. The third-order valence-electron chi connectivity index (χ3n) is 4.02. The molecule has 0 spiro atoms. The minimum absolute atomic E-state index is 0.904. The first-order valence-corrected chi connectivity index (χ1v) is 8.18. The minimum Gasteiger partial charge on any atom is -0.263 e. The van der Waals surface area contributed by atoms with Gasteiger partial charge in [0, 0.05) is 39.4 Å². The molecule has 0 atom stereocenters. The van der Waals surface area contributed by atoms with E-state index in [1.807, 2.05) is 48.9 Å². The molecule has 0 amide bonds. The van der Waals surface area contributed by atoms with Crippen LogP contribution < -0.4 is 0 Å². The largest absolute Gasteiger partial charge is 0.263 e. The van der Waals surface area contributed by atoms with E-state index in [1.165, 1.54) is 20.2 Å². The van der Waals surface area contributed by atoms with Gasteiger partial charge >= 0.3 is 0 Å². The van der Waals surface area contributed by atoms with Crippen LogP contribution in [0.1, 0.15) is 0 Å². The predicted octanol–water partition coefficient (Wildman–Crippen LogP) is 5.06. The summed E-state index contributed by atoms with van der Waals surface area (Å²) in [5.74, 6) is 0. The van der Waals surface area contributed by atoms with E-state index >= 15 is 0 Å². The summed E-state index contributed by atoms with van der Waals surface area (Å²) in [4.78, 5) is 13.6. The predicted molar refractivity (Wildman–Crippen MR) is 95.7 cm³/mol. The van der Waals surface area contributed by atoms with E-state index in [2.05, 4.69) is 28.2 Å². The van der Waals surface area contributed by atoms with E-state index < -0.39 is 0 Å². The number of hydrogen-bond acceptors (Lipinski definition) is 4. The van der Waals surface area contributed by atoms with Crippen molar-refractivity contribution in [2.24, 2.45) is 0 Å². The van der Waals surface area contributed by atoms with E-state index in [-0.39, 0.29) is 0 Å². The molecule has 108 valence electrons. The first-order chi connectivity index (χ1) is 11.4. The fourth-order valence-corrected chi connectivity index (χ4v) is 3.96. The molecular weight excluding hydrogens is 302 g/mol. The molecule has 0 radical (unpaired) electrons. The second-order valence-electron chi connectivity index (χ2n) is 5.43. The van der Waals surface area contributed by atoms with Crippen LogP contribution in [0.2, 0.25) is 0 Å². The summed E-state index contributed by atoms with van der Waals surface area (Å²) in [6.45, 7) is 0. The minimum atomic E-state index is 0.904. The van der Waals surface area contributed by atoms with Gasteiger partial charge in [0.05, 0.1) is 21.6 Å². The number of aromatic nitrogens is 3. The number of thiophene rings is 1. The molecule has 0 N–H and O–H groups in total. The maximum atomic E-state index is 4.74. The average Bonchev–Trinajstić information content (AvgIpc) is 2.99. The molecule has 5 aromatic rings. The highest BCUT2D eigenvalue weighted by Crippen LogP contribution is 2.34. The summed E-state index contributed by atoms with van der Waals surface area (Å²) in [5, 5.41) is 3.53. The second-order valence-corrected chi connectivity index (χ2v) is 6.51. The van der Waals surface area contributed by atoms with Gasteiger partial charge in [-0.15, -0.1) is 11.3 Å². The number of benzene rings is 1. The van der Waals surface area contributed by atoms with Gasteiger partial charge in [0.25, 0.3) is 0 Å². The van der Waals surface area contributed by atoms with Crippen molar-refractivity contribution in [1.29, 1.82) is 0 Å². The topological polar surface area (TPSA) is 38.7 Å². The maximum absolute atomic E-state index is 4.74. The van der Waals surface area contributed by atoms with Crippen molar-refractivity contribution in [3.63, 3.8) is 0 Å². The smallest absolute Gasteiger partial charge is 0.0900 e. The lowest BCUT2D eigenvalue weighted by Gasteiger charge is -2.02. The fraction of sp³-hybridized carbons (Fsp3) is 0. The van der Waals surface area contributed by atoms with Gasteiger partial charge in [0.2, 0.25) is 0 Å². The van der Waals surface area contributed by atoms with E-state index in [1.54, 1.807) is 11.3 Å². The second kappa shape index (κ2) is 4.83. The first-order valence-electron chi connectivity index (χ1n) is 7.37. The zero-order valence-corrected chi connectivity index (χ0v) is 12.9. The standard InChI is InChI=1S/C19H11N3S/c1-2-4-15-12(3-1)5-6-16(22-15)17-9-18-14(10-21-17)13-7-8-20-11-19(13)23-18/h1-11H. The summed E-state index contributed by atoms with van der Waals surface area (Å²) in [7, 11) is 0. The van der Waals surface area contributed by atoms with Crippen molar-refractivity contribution < 1.29 is 0 Å². The highest BCUT2D eigenvalue weighted by molar-refractivity contribution is 7.25. The van der Waals surface area contributed by atoms with Gasteiger partial charge in [-0.25, -0.2) is 4.98 Å². The van der Waals surface area contributed by atoms with Crippen LogP contribution in [-0.2, 0) is 0 Å². The normalized spacial score (nSPS) is 11.5. The molecule has 0 unspecified atom stereocenters. The van der Waals surface area contributed by atoms with Gasteiger partial charge in [-0.05, 0) is 24.3 Å². The number of para-hydroxylation sites is 1. The Hall–Kier alpha value is -2.85. The molecule has 0 aliphatic carbocycles. The van der Waals surface area contributed by atoms with Crippen molar-refractivity contribution in [3.05, 3.63) is 67.1 Å².